The third-order valence-electron chi connectivity index (χ3n) is 16.0. The summed E-state index contributed by atoms with van der Waals surface area (Å²) in [6.07, 6.45) is 5.85. The molecule has 16 nitrogen and oxygen atoms in total. The van der Waals surface area contributed by atoms with E-state index >= 15 is 0 Å². The molecule has 12 aliphatic rings. The van der Waals surface area contributed by atoms with Crippen molar-refractivity contribution in [1.29, 1.82) is 0 Å². The number of rotatable bonds is 18. The van der Waals surface area contributed by atoms with Gasteiger partial charge in [0, 0.05) is 51.6 Å². The monoisotopic (exact) mass is 1140 g/mol. The maximum Gasteiger partial charge on any atom is 0.338 e. The third-order valence-corrected chi connectivity index (χ3v) is 16.7. The topological polar surface area (TPSA) is 182 Å². The predicted octanol–water partition coefficient (Wildman–Crippen LogP) is 8.12. The van der Waals surface area contributed by atoms with Crippen molar-refractivity contribution in [3.63, 3.8) is 0 Å². The van der Waals surface area contributed by atoms with Gasteiger partial charge in [-0.05, 0) is 78.2 Å². The van der Waals surface area contributed by atoms with Gasteiger partial charge in [-0.1, -0.05) is 88.8 Å². The van der Waals surface area contributed by atoms with E-state index in [4.69, 9.17) is 56.8 Å². The molecular weight excluding hydrogens is 1080 g/mol. The predicted molar refractivity (Wildman–Crippen MR) is 269 cm³/mol. The molecule has 0 spiro atoms. The van der Waals surface area contributed by atoms with Gasteiger partial charge in [-0.25, -0.2) is 9.59 Å². The average Bonchev–Trinajstić information content (AvgIpc) is 4.00. The molecule has 0 radical (unpaired) electrons. The van der Waals surface area contributed by atoms with Gasteiger partial charge in [-0.15, -0.1) is 0 Å². The molecule has 0 aliphatic carbocycles. The Morgan fingerprint density at radius 1 is 0.589 bits per heavy atom. The van der Waals surface area contributed by atoms with Crippen LogP contribution in [0.1, 0.15) is 118 Å². The summed E-state index contributed by atoms with van der Waals surface area (Å²) in [5, 5.41) is 9.42. The maximum atomic E-state index is 12.7. The van der Waals surface area contributed by atoms with Crippen molar-refractivity contribution in [2.45, 2.75) is 219 Å². The van der Waals surface area contributed by atoms with Crippen LogP contribution in [-0.2, 0) is 61.6 Å². The molecule has 2 aromatic rings. The molecule has 12 saturated heterocycles. The van der Waals surface area contributed by atoms with Crippen LogP contribution in [0.5, 0.6) is 0 Å². The summed E-state index contributed by atoms with van der Waals surface area (Å²) in [6.45, 7) is 7.99. The van der Waals surface area contributed by atoms with Crippen molar-refractivity contribution in [3.05, 3.63) is 93.9 Å². The van der Waals surface area contributed by atoms with Crippen molar-refractivity contribution >= 4 is 50.1 Å². The highest BCUT2D eigenvalue weighted by molar-refractivity contribution is 9.12. The SMILES string of the molecule is C.C=C(Br)C[C@@H](CC[C@@]12C[C@H]3O[C@H]4[C@@H](O1)[C@H]1O[C@@H](CC=O)CC[C@@H]1O[C@H]4C3O2)OC(=O)c1ccccc1.C=C(Br)C[C@@H](CC[C@@]12C[C@H]3O[C@H]4[C@@H](O1)[C@H]1O[C@@H](CCO)CC[C@@H]1O[C@H]4C3O2)OC(=O)c1ccccc1. The molecular formula is C55H68Br2O16. The Hall–Kier alpha value is -2.95. The molecule has 1 N–H and O–H groups in total. The summed E-state index contributed by atoms with van der Waals surface area (Å²) in [7, 11) is 0. The number of hydrogen-bond donors (Lipinski definition) is 1. The molecule has 20 atom stereocenters. The van der Waals surface area contributed by atoms with Crippen molar-refractivity contribution in [2.24, 2.45) is 0 Å². The first-order chi connectivity index (χ1) is 34.9. The van der Waals surface area contributed by atoms with E-state index in [1.165, 1.54) is 0 Å². The lowest BCUT2D eigenvalue weighted by molar-refractivity contribution is -0.293. The number of aliphatic hydroxyl groups excluding tert-OH is 1. The highest BCUT2D eigenvalue weighted by Gasteiger charge is 2.70. The van der Waals surface area contributed by atoms with Gasteiger partial charge in [-0.2, -0.15) is 0 Å². The van der Waals surface area contributed by atoms with Gasteiger partial charge >= 0.3 is 11.9 Å². The van der Waals surface area contributed by atoms with E-state index in [2.05, 4.69) is 45.0 Å². The van der Waals surface area contributed by atoms with Crippen molar-refractivity contribution in [3.8, 4) is 0 Å². The number of hydrogen-bond acceptors (Lipinski definition) is 16. The van der Waals surface area contributed by atoms with E-state index in [-0.39, 0.29) is 130 Å². The highest BCUT2D eigenvalue weighted by atomic mass is 79.9. The average molecular weight is 1140 g/mol. The molecule has 0 amide bonds. The van der Waals surface area contributed by atoms with E-state index in [9.17, 15) is 19.5 Å². The number of aliphatic hydroxyl groups is 1. The smallest absolute Gasteiger partial charge is 0.338 e. The molecule has 18 heteroatoms. The number of carbonyl (C=O) groups is 3. The van der Waals surface area contributed by atoms with E-state index in [1.807, 2.05) is 36.4 Å². The summed E-state index contributed by atoms with van der Waals surface area (Å²) >= 11 is 6.85. The summed E-state index contributed by atoms with van der Waals surface area (Å²) in [5.41, 5.74) is 1.02. The van der Waals surface area contributed by atoms with E-state index < -0.39 is 17.7 Å². The van der Waals surface area contributed by atoms with Crippen LogP contribution in [-0.4, -0.2) is 151 Å². The normalized spacial score (nSPS) is 40.3. The molecule has 12 bridgehead atoms. The van der Waals surface area contributed by atoms with Gasteiger partial charge in [0.2, 0.25) is 0 Å². The minimum absolute atomic E-state index is 0. The molecule has 14 rings (SSSR count). The van der Waals surface area contributed by atoms with Crippen LogP contribution in [0.4, 0.5) is 0 Å². The third kappa shape index (κ3) is 11.1. The lowest BCUT2D eigenvalue weighted by Gasteiger charge is -2.47. The van der Waals surface area contributed by atoms with Gasteiger partial charge in [0.25, 0.3) is 0 Å². The second-order valence-electron chi connectivity index (χ2n) is 20.9. The molecule has 12 heterocycles. The Morgan fingerprint density at radius 2 is 1.00 bits per heavy atom. The van der Waals surface area contributed by atoms with Crippen molar-refractivity contribution < 1.29 is 76.3 Å². The minimum atomic E-state index is -0.867. The number of esters is 2. The number of fused-ring (bicyclic) bond motifs is 2. The van der Waals surface area contributed by atoms with Crippen molar-refractivity contribution in [1.82, 2.24) is 0 Å². The van der Waals surface area contributed by atoms with E-state index in [1.54, 1.807) is 24.3 Å². The molecule has 2 aromatic carbocycles. The van der Waals surface area contributed by atoms with Crippen LogP contribution < -0.4 is 0 Å². The first-order valence-electron chi connectivity index (χ1n) is 25.8. The van der Waals surface area contributed by atoms with E-state index in [0.29, 0.717) is 75.3 Å². The molecule has 12 fully saturated rings. The van der Waals surface area contributed by atoms with Gasteiger partial charge in [-0.3, -0.25) is 0 Å². The zero-order valence-electron chi connectivity index (χ0n) is 40.1. The van der Waals surface area contributed by atoms with Gasteiger partial charge in [0.1, 0.15) is 79.5 Å². The fourth-order valence-corrected chi connectivity index (χ4v) is 13.6. The van der Waals surface area contributed by atoms with Crippen LogP contribution in [0.15, 0.2) is 82.8 Å². The molecule has 12 aliphatic heterocycles. The fraction of sp³-hybridized carbons (Fsp3) is 0.655. The number of ether oxygens (including phenoxy) is 12. The fourth-order valence-electron chi connectivity index (χ4n) is 12.8. The molecule has 0 saturated carbocycles. The van der Waals surface area contributed by atoms with Gasteiger partial charge < -0.3 is 66.7 Å². The number of aldehydes is 1. The molecule has 2 unspecified atom stereocenters. The summed E-state index contributed by atoms with van der Waals surface area (Å²) in [5.74, 6) is -2.44. The van der Waals surface area contributed by atoms with Crippen LogP contribution in [0, 0.1) is 0 Å². The van der Waals surface area contributed by atoms with Crippen molar-refractivity contribution in [2.75, 3.05) is 6.61 Å². The van der Waals surface area contributed by atoms with Crippen LogP contribution >= 0.6 is 31.9 Å². The Morgan fingerprint density at radius 3 is 1.44 bits per heavy atom. The Labute approximate surface area is 443 Å². The molecule has 398 valence electrons. The summed E-state index contributed by atoms with van der Waals surface area (Å²) in [6, 6.07) is 18.0. The van der Waals surface area contributed by atoms with Crippen LogP contribution in [0.3, 0.4) is 0 Å². The molecule has 73 heavy (non-hydrogen) atoms. The standard InChI is InChI=1S/C27H33BrO8.C27H31BrO8.CH4/c2*1-15(28)13-18(32-26(30)16-5-3-2-4-6-16)9-11-27-14-20-22(35-27)23-24(34-20)25(36-27)21-19(33-23)8-7-17(31-21)10-12-29;/h2-6,17-25,29H,1,7-14H2;2-6,12,17-25H,1,7-11,13-14H2;1H4/t2*17-,18-,19+,20-,21+,22?,23+,24-,25+,27+;/m11./s1. The minimum Gasteiger partial charge on any atom is -0.458 e. The van der Waals surface area contributed by atoms with E-state index in [0.717, 1.165) is 40.9 Å². The zero-order chi connectivity index (χ0) is 49.7. The van der Waals surface area contributed by atoms with Crippen LogP contribution in [0.2, 0.25) is 0 Å². The molecule has 0 aromatic heterocycles. The first kappa shape index (κ1) is 53.4. The quantitative estimate of drug-likeness (QED) is 0.112. The summed E-state index contributed by atoms with van der Waals surface area (Å²) < 4.78 is 78.3. The number of carbonyl (C=O) groups excluding carboxylic acids is 3. The van der Waals surface area contributed by atoms with Gasteiger partial charge in [0.05, 0.1) is 47.8 Å². The first-order valence-corrected chi connectivity index (χ1v) is 27.3. The maximum absolute atomic E-state index is 12.7. The zero-order valence-corrected chi connectivity index (χ0v) is 43.3. The highest BCUT2D eigenvalue weighted by Crippen LogP contribution is 2.56. The second kappa shape index (κ2) is 22.6. The van der Waals surface area contributed by atoms with Gasteiger partial charge in [0.15, 0.2) is 11.6 Å². The summed E-state index contributed by atoms with van der Waals surface area (Å²) in [4.78, 5) is 36.6. The van der Waals surface area contributed by atoms with Crippen LogP contribution in [0.25, 0.3) is 0 Å². The number of benzene rings is 2. The number of halogens is 2. The lowest BCUT2D eigenvalue weighted by atomic mass is 9.87. The lowest BCUT2D eigenvalue weighted by Crippen LogP contribution is -2.61. The Bertz CT molecular complexity index is 2290. The second-order valence-corrected chi connectivity index (χ2v) is 23.2. The Kier molecular flexibility index (Phi) is 16.5. The Balaban J connectivity index is 0.000000165. The largest absolute Gasteiger partial charge is 0.458 e.